The summed E-state index contributed by atoms with van der Waals surface area (Å²) in [6.07, 6.45) is 4.97. The second kappa shape index (κ2) is 3.20. The van der Waals surface area contributed by atoms with E-state index in [1.165, 1.54) is 32.2 Å². The number of fused-ring (bicyclic) bond motifs is 1. The number of hydrogen-bond acceptors (Lipinski definition) is 2. The summed E-state index contributed by atoms with van der Waals surface area (Å²) in [5, 5.41) is 3.76. The molecule has 2 heterocycles. The van der Waals surface area contributed by atoms with Gasteiger partial charge in [0.25, 0.3) is 0 Å². The zero-order valence-corrected chi connectivity index (χ0v) is 8.11. The molecule has 2 aliphatic rings. The van der Waals surface area contributed by atoms with Gasteiger partial charge in [0, 0.05) is 23.0 Å². The Balaban J connectivity index is 2.15. The molecule has 2 rings (SSSR count). The molecule has 72 valence electrons. The van der Waals surface area contributed by atoms with E-state index in [1.54, 1.807) is 0 Å². The topological polar surface area (TPSA) is 52.0 Å². The van der Waals surface area contributed by atoms with Gasteiger partial charge in [0.2, 0.25) is 0 Å². The number of azide groups is 1. The molecule has 0 aromatic heterocycles. The highest BCUT2D eigenvalue weighted by molar-refractivity contribution is 5.04. The lowest BCUT2D eigenvalue weighted by Gasteiger charge is -2.32. The molecular weight excluding hydrogens is 164 g/mol. The predicted octanol–water partition coefficient (Wildman–Crippen LogP) is 2.31. The third kappa shape index (κ3) is 1.30. The average Bonchev–Trinajstić information content (AvgIpc) is 2.65. The normalized spacial score (nSPS) is 38.7. The van der Waals surface area contributed by atoms with E-state index in [2.05, 4.69) is 21.8 Å². The van der Waals surface area contributed by atoms with Crippen LogP contribution < -0.4 is 0 Å². The first-order chi connectivity index (χ1) is 6.28. The first-order valence-electron chi connectivity index (χ1n) is 5.06. The van der Waals surface area contributed by atoms with Crippen molar-refractivity contribution in [2.45, 2.75) is 44.2 Å². The molecule has 0 amide bonds. The molecule has 0 unspecified atom stereocenters. The lowest BCUT2D eigenvalue weighted by Crippen LogP contribution is -2.43. The minimum atomic E-state index is 0.242. The first-order valence-corrected chi connectivity index (χ1v) is 5.06. The Morgan fingerprint density at radius 3 is 3.23 bits per heavy atom. The highest BCUT2D eigenvalue weighted by Crippen LogP contribution is 2.42. The fourth-order valence-electron chi connectivity index (χ4n) is 2.96. The van der Waals surface area contributed by atoms with Gasteiger partial charge >= 0.3 is 0 Å². The molecule has 2 fully saturated rings. The van der Waals surface area contributed by atoms with Crippen molar-refractivity contribution in [1.29, 1.82) is 0 Å². The second-order valence-corrected chi connectivity index (χ2v) is 4.30. The molecule has 13 heavy (non-hydrogen) atoms. The summed E-state index contributed by atoms with van der Waals surface area (Å²) in [4.78, 5) is 5.42. The standard InChI is InChI=1S/C9H16N4/c1-8-3-5-9(7-11-12-10)4-2-6-13(8)9/h8H,2-7H2,1H3/t8-,9-/m0/s1. The largest absolute Gasteiger partial charge is 0.295 e. The van der Waals surface area contributed by atoms with Gasteiger partial charge in [-0.1, -0.05) is 5.11 Å². The van der Waals surface area contributed by atoms with Crippen LogP contribution in [0.5, 0.6) is 0 Å². The maximum absolute atomic E-state index is 8.35. The van der Waals surface area contributed by atoms with Crippen LogP contribution in [-0.4, -0.2) is 29.6 Å². The van der Waals surface area contributed by atoms with Crippen LogP contribution in [0.15, 0.2) is 5.11 Å². The highest BCUT2D eigenvalue weighted by Gasteiger charge is 2.46. The smallest absolute Gasteiger partial charge is 0.0443 e. The third-order valence-corrected chi connectivity index (χ3v) is 3.64. The third-order valence-electron chi connectivity index (χ3n) is 3.64. The lowest BCUT2D eigenvalue weighted by molar-refractivity contribution is 0.165. The zero-order valence-electron chi connectivity index (χ0n) is 8.11. The van der Waals surface area contributed by atoms with Crippen molar-refractivity contribution in [2.24, 2.45) is 5.11 Å². The molecular formula is C9H16N4. The Kier molecular flexibility index (Phi) is 2.18. The Labute approximate surface area is 78.5 Å². The monoisotopic (exact) mass is 180 g/mol. The van der Waals surface area contributed by atoms with E-state index in [1.807, 2.05) is 0 Å². The van der Waals surface area contributed by atoms with E-state index in [0.29, 0.717) is 12.6 Å². The first kappa shape index (κ1) is 8.85. The maximum atomic E-state index is 8.35. The summed E-state index contributed by atoms with van der Waals surface area (Å²) in [5.41, 5.74) is 8.59. The van der Waals surface area contributed by atoms with Crippen LogP contribution >= 0.6 is 0 Å². The van der Waals surface area contributed by atoms with Gasteiger partial charge in [-0.2, -0.15) is 0 Å². The highest BCUT2D eigenvalue weighted by atomic mass is 15.3. The van der Waals surface area contributed by atoms with Gasteiger partial charge in [-0.3, -0.25) is 4.90 Å². The summed E-state index contributed by atoms with van der Waals surface area (Å²) >= 11 is 0. The molecule has 2 atom stereocenters. The van der Waals surface area contributed by atoms with Crippen molar-refractivity contribution in [3.05, 3.63) is 10.4 Å². The zero-order chi connectivity index (χ0) is 9.31. The molecule has 2 aliphatic heterocycles. The van der Waals surface area contributed by atoms with Crippen molar-refractivity contribution < 1.29 is 0 Å². The lowest BCUT2D eigenvalue weighted by atomic mass is 9.94. The molecule has 0 saturated carbocycles. The number of hydrogen-bond donors (Lipinski definition) is 0. The number of nitrogens with zero attached hydrogens (tertiary/aromatic N) is 4. The van der Waals surface area contributed by atoms with Gasteiger partial charge in [0.1, 0.15) is 0 Å². The van der Waals surface area contributed by atoms with E-state index in [-0.39, 0.29) is 5.54 Å². The van der Waals surface area contributed by atoms with E-state index < -0.39 is 0 Å². The Morgan fingerprint density at radius 1 is 1.62 bits per heavy atom. The summed E-state index contributed by atoms with van der Waals surface area (Å²) in [5.74, 6) is 0. The summed E-state index contributed by atoms with van der Waals surface area (Å²) in [6, 6.07) is 0.691. The van der Waals surface area contributed by atoms with Crippen LogP contribution in [0.25, 0.3) is 10.4 Å². The molecule has 0 spiro atoms. The van der Waals surface area contributed by atoms with E-state index in [0.717, 1.165) is 0 Å². The molecule has 0 radical (unpaired) electrons. The van der Waals surface area contributed by atoms with Crippen LogP contribution in [0.1, 0.15) is 32.6 Å². The Morgan fingerprint density at radius 2 is 2.46 bits per heavy atom. The van der Waals surface area contributed by atoms with Crippen molar-refractivity contribution >= 4 is 0 Å². The molecule has 0 aromatic carbocycles. The fourth-order valence-corrected chi connectivity index (χ4v) is 2.96. The van der Waals surface area contributed by atoms with Crippen molar-refractivity contribution in [3.63, 3.8) is 0 Å². The van der Waals surface area contributed by atoms with Gasteiger partial charge < -0.3 is 0 Å². The predicted molar refractivity (Wildman–Crippen MR) is 51.4 cm³/mol. The van der Waals surface area contributed by atoms with Gasteiger partial charge in [-0.05, 0) is 44.7 Å². The maximum Gasteiger partial charge on any atom is 0.0443 e. The van der Waals surface area contributed by atoms with Gasteiger partial charge in [-0.25, -0.2) is 0 Å². The van der Waals surface area contributed by atoms with Gasteiger partial charge in [0.05, 0.1) is 0 Å². The van der Waals surface area contributed by atoms with E-state index in [4.69, 9.17) is 5.53 Å². The van der Waals surface area contributed by atoms with Crippen LogP contribution in [0.2, 0.25) is 0 Å². The fraction of sp³-hybridized carbons (Fsp3) is 1.00. The quantitative estimate of drug-likeness (QED) is 0.365. The molecule has 4 nitrogen and oxygen atoms in total. The van der Waals surface area contributed by atoms with Crippen molar-refractivity contribution in [1.82, 2.24) is 4.90 Å². The van der Waals surface area contributed by atoms with Gasteiger partial charge in [-0.15, -0.1) is 0 Å². The molecule has 0 aromatic rings. The Bertz CT molecular complexity index is 246. The van der Waals surface area contributed by atoms with Crippen LogP contribution in [0.3, 0.4) is 0 Å². The molecule has 0 aliphatic carbocycles. The summed E-state index contributed by atoms with van der Waals surface area (Å²) in [6.45, 7) is 4.15. The summed E-state index contributed by atoms with van der Waals surface area (Å²) < 4.78 is 0. The second-order valence-electron chi connectivity index (χ2n) is 4.30. The van der Waals surface area contributed by atoms with E-state index >= 15 is 0 Å². The Hall–Kier alpha value is -0.730. The SMILES string of the molecule is C[C@H]1CC[C@]2(CN=[N+]=[N-])CCCN12. The minimum Gasteiger partial charge on any atom is -0.295 e. The minimum absolute atomic E-state index is 0.242. The van der Waals surface area contributed by atoms with E-state index in [9.17, 15) is 0 Å². The molecule has 0 bridgehead atoms. The number of rotatable bonds is 2. The van der Waals surface area contributed by atoms with Crippen LogP contribution in [0.4, 0.5) is 0 Å². The van der Waals surface area contributed by atoms with Crippen LogP contribution in [0, 0.1) is 0 Å². The average molecular weight is 180 g/mol. The molecule has 0 N–H and O–H groups in total. The van der Waals surface area contributed by atoms with Crippen molar-refractivity contribution in [3.8, 4) is 0 Å². The van der Waals surface area contributed by atoms with Gasteiger partial charge in [0.15, 0.2) is 0 Å². The van der Waals surface area contributed by atoms with Crippen LogP contribution in [-0.2, 0) is 0 Å². The summed E-state index contributed by atoms with van der Waals surface area (Å²) in [7, 11) is 0. The molecule has 2 saturated heterocycles. The van der Waals surface area contributed by atoms with Crippen molar-refractivity contribution in [2.75, 3.05) is 13.1 Å². The molecule has 4 heteroatoms.